The van der Waals surface area contributed by atoms with Crippen LogP contribution in [0.3, 0.4) is 0 Å². The van der Waals surface area contributed by atoms with Crippen LogP contribution in [0.1, 0.15) is 24.2 Å². The Kier molecular flexibility index (Phi) is 3.96. The van der Waals surface area contributed by atoms with Crippen LogP contribution in [0.5, 0.6) is 0 Å². The molecule has 0 saturated carbocycles. The van der Waals surface area contributed by atoms with E-state index in [1.165, 1.54) is 18.5 Å². The Morgan fingerprint density at radius 3 is 3.12 bits per heavy atom. The summed E-state index contributed by atoms with van der Waals surface area (Å²) < 4.78 is 7.40. The van der Waals surface area contributed by atoms with Crippen LogP contribution >= 0.6 is 0 Å². The molecule has 1 aliphatic heterocycles. The molecule has 1 saturated heterocycles. The summed E-state index contributed by atoms with van der Waals surface area (Å²) in [5, 5.41) is 7.81. The molecular weight excluding hydrogens is 202 g/mol. The molecule has 16 heavy (non-hydrogen) atoms. The van der Waals surface area contributed by atoms with Crippen molar-refractivity contribution in [3.63, 3.8) is 0 Å². The fraction of sp³-hybridized carbons (Fsp3) is 0.750. The summed E-state index contributed by atoms with van der Waals surface area (Å²) in [4.78, 5) is 0. The summed E-state index contributed by atoms with van der Waals surface area (Å²) in [5.41, 5.74) is 2.33. The molecule has 0 aromatic carbocycles. The molecule has 0 bridgehead atoms. The molecule has 1 aromatic heterocycles. The standard InChI is InChI=1S/C12H21N3O/c1-10-6-12(15(2)14-10)8-13-7-11-4-3-5-16-9-11/h6,11,13H,3-5,7-9H2,1-2H3. The molecule has 2 heterocycles. The van der Waals surface area contributed by atoms with Gasteiger partial charge in [-0.3, -0.25) is 4.68 Å². The van der Waals surface area contributed by atoms with Crippen LogP contribution in [0.15, 0.2) is 6.07 Å². The Bertz CT molecular complexity index is 329. The molecule has 4 heteroatoms. The molecule has 1 N–H and O–H groups in total. The lowest BCUT2D eigenvalue weighted by Gasteiger charge is -2.22. The van der Waals surface area contributed by atoms with Crippen LogP contribution < -0.4 is 5.32 Å². The fourth-order valence-corrected chi connectivity index (χ4v) is 2.20. The number of ether oxygens (including phenoxy) is 1. The van der Waals surface area contributed by atoms with Gasteiger partial charge in [-0.15, -0.1) is 0 Å². The third-order valence-electron chi connectivity index (χ3n) is 3.09. The normalized spacial score (nSPS) is 21.2. The highest BCUT2D eigenvalue weighted by Gasteiger charge is 2.13. The molecule has 90 valence electrons. The second-order valence-electron chi connectivity index (χ2n) is 4.61. The van der Waals surface area contributed by atoms with Crippen LogP contribution in [0.2, 0.25) is 0 Å². The van der Waals surface area contributed by atoms with Crippen molar-refractivity contribution in [3.05, 3.63) is 17.5 Å². The quantitative estimate of drug-likeness (QED) is 0.835. The Balaban J connectivity index is 1.73. The van der Waals surface area contributed by atoms with Crippen molar-refractivity contribution in [3.8, 4) is 0 Å². The van der Waals surface area contributed by atoms with E-state index in [0.717, 1.165) is 32.0 Å². The lowest BCUT2D eigenvalue weighted by molar-refractivity contribution is 0.0547. The lowest BCUT2D eigenvalue weighted by Crippen LogP contribution is -2.29. The minimum Gasteiger partial charge on any atom is -0.381 e. The predicted molar refractivity (Wildman–Crippen MR) is 63.2 cm³/mol. The van der Waals surface area contributed by atoms with E-state index in [2.05, 4.69) is 16.5 Å². The third kappa shape index (κ3) is 3.06. The first-order valence-corrected chi connectivity index (χ1v) is 6.03. The summed E-state index contributed by atoms with van der Waals surface area (Å²) in [6.45, 7) is 5.82. The van der Waals surface area contributed by atoms with E-state index in [0.29, 0.717) is 5.92 Å². The van der Waals surface area contributed by atoms with E-state index in [4.69, 9.17) is 4.74 Å². The van der Waals surface area contributed by atoms with Gasteiger partial charge in [0.15, 0.2) is 0 Å². The molecule has 0 aliphatic carbocycles. The van der Waals surface area contributed by atoms with Gasteiger partial charge in [0.05, 0.1) is 18.0 Å². The Labute approximate surface area is 97.0 Å². The minimum absolute atomic E-state index is 0.683. The van der Waals surface area contributed by atoms with Crippen LogP contribution in [-0.4, -0.2) is 29.5 Å². The first-order valence-electron chi connectivity index (χ1n) is 6.03. The summed E-state index contributed by atoms with van der Waals surface area (Å²) in [5.74, 6) is 0.683. The molecule has 1 aliphatic rings. The van der Waals surface area contributed by atoms with Crippen molar-refractivity contribution < 1.29 is 4.74 Å². The van der Waals surface area contributed by atoms with Gasteiger partial charge >= 0.3 is 0 Å². The zero-order valence-corrected chi connectivity index (χ0v) is 10.2. The zero-order valence-electron chi connectivity index (χ0n) is 10.2. The van der Waals surface area contributed by atoms with Gasteiger partial charge in [0, 0.05) is 26.7 Å². The van der Waals surface area contributed by atoms with Gasteiger partial charge in [-0.1, -0.05) is 0 Å². The van der Waals surface area contributed by atoms with E-state index < -0.39 is 0 Å². The van der Waals surface area contributed by atoms with Gasteiger partial charge in [-0.05, 0) is 31.7 Å². The maximum absolute atomic E-state index is 5.46. The maximum atomic E-state index is 5.46. The topological polar surface area (TPSA) is 39.1 Å². The van der Waals surface area contributed by atoms with Crippen molar-refractivity contribution in [2.45, 2.75) is 26.3 Å². The van der Waals surface area contributed by atoms with E-state index in [-0.39, 0.29) is 0 Å². The highest BCUT2D eigenvalue weighted by molar-refractivity contribution is 5.08. The van der Waals surface area contributed by atoms with E-state index >= 15 is 0 Å². The van der Waals surface area contributed by atoms with Gasteiger partial charge in [0.1, 0.15) is 0 Å². The van der Waals surface area contributed by atoms with E-state index in [9.17, 15) is 0 Å². The molecule has 1 fully saturated rings. The first-order chi connectivity index (χ1) is 7.75. The monoisotopic (exact) mass is 223 g/mol. The average Bonchev–Trinajstić information content (AvgIpc) is 2.59. The fourth-order valence-electron chi connectivity index (χ4n) is 2.20. The van der Waals surface area contributed by atoms with E-state index in [1.807, 2.05) is 18.7 Å². The van der Waals surface area contributed by atoms with Gasteiger partial charge in [0.2, 0.25) is 0 Å². The maximum Gasteiger partial charge on any atom is 0.0597 e. The molecule has 0 radical (unpaired) electrons. The number of nitrogens with zero attached hydrogens (tertiary/aromatic N) is 2. The largest absolute Gasteiger partial charge is 0.381 e. The predicted octanol–water partition coefficient (Wildman–Crippen LogP) is 1.24. The smallest absolute Gasteiger partial charge is 0.0597 e. The number of nitrogens with one attached hydrogen (secondary N) is 1. The molecule has 0 amide bonds. The van der Waals surface area contributed by atoms with Crippen molar-refractivity contribution in [2.75, 3.05) is 19.8 Å². The summed E-state index contributed by atoms with van der Waals surface area (Å²) in [7, 11) is 1.99. The Morgan fingerprint density at radius 1 is 1.62 bits per heavy atom. The molecule has 1 unspecified atom stereocenters. The van der Waals surface area contributed by atoms with Crippen molar-refractivity contribution in [1.82, 2.24) is 15.1 Å². The second-order valence-corrected chi connectivity index (χ2v) is 4.61. The molecule has 0 spiro atoms. The number of aromatic nitrogens is 2. The summed E-state index contributed by atoms with van der Waals surface area (Å²) in [6, 6.07) is 2.13. The Hall–Kier alpha value is -0.870. The molecule has 1 aromatic rings. The van der Waals surface area contributed by atoms with Gasteiger partial charge in [-0.25, -0.2) is 0 Å². The SMILES string of the molecule is Cc1cc(CNCC2CCCOC2)n(C)n1. The number of rotatable bonds is 4. The zero-order chi connectivity index (χ0) is 11.4. The van der Waals surface area contributed by atoms with Crippen molar-refractivity contribution >= 4 is 0 Å². The van der Waals surface area contributed by atoms with Crippen molar-refractivity contribution in [2.24, 2.45) is 13.0 Å². The minimum atomic E-state index is 0.683. The van der Waals surface area contributed by atoms with Gasteiger partial charge < -0.3 is 10.1 Å². The number of hydrogen-bond donors (Lipinski definition) is 1. The van der Waals surface area contributed by atoms with E-state index in [1.54, 1.807) is 0 Å². The van der Waals surface area contributed by atoms with Gasteiger partial charge in [0.25, 0.3) is 0 Å². The van der Waals surface area contributed by atoms with Crippen LogP contribution in [-0.2, 0) is 18.3 Å². The molecular formula is C12H21N3O. The van der Waals surface area contributed by atoms with Crippen LogP contribution in [0.4, 0.5) is 0 Å². The average molecular weight is 223 g/mol. The lowest BCUT2D eigenvalue weighted by atomic mass is 10.0. The first kappa shape index (κ1) is 11.6. The molecule has 4 nitrogen and oxygen atoms in total. The highest BCUT2D eigenvalue weighted by Crippen LogP contribution is 2.12. The van der Waals surface area contributed by atoms with Crippen LogP contribution in [0, 0.1) is 12.8 Å². The summed E-state index contributed by atoms with van der Waals surface area (Å²) >= 11 is 0. The Morgan fingerprint density at radius 2 is 2.50 bits per heavy atom. The third-order valence-corrected chi connectivity index (χ3v) is 3.09. The van der Waals surface area contributed by atoms with Gasteiger partial charge in [-0.2, -0.15) is 5.10 Å². The van der Waals surface area contributed by atoms with Crippen molar-refractivity contribution in [1.29, 1.82) is 0 Å². The number of aryl methyl sites for hydroxylation is 2. The summed E-state index contributed by atoms with van der Waals surface area (Å²) in [6.07, 6.45) is 2.49. The molecule has 2 rings (SSSR count). The molecule has 1 atom stereocenters. The second kappa shape index (κ2) is 5.46. The van der Waals surface area contributed by atoms with Crippen LogP contribution in [0.25, 0.3) is 0 Å². The highest BCUT2D eigenvalue weighted by atomic mass is 16.5. The number of hydrogen-bond acceptors (Lipinski definition) is 3.